The highest BCUT2D eigenvalue weighted by atomic mass is 32.2. The van der Waals surface area contributed by atoms with Gasteiger partial charge in [0.05, 0.1) is 17.6 Å². The predicted molar refractivity (Wildman–Crippen MR) is 66.3 cm³/mol. The third kappa shape index (κ3) is 4.74. The molecule has 0 bridgehead atoms. The Morgan fingerprint density at radius 2 is 2.24 bits per heavy atom. The molecule has 7 heteroatoms. The number of hydrogen-bond donors (Lipinski definition) is 3. The maximum atomic E-state index is 11.6. The van der Waals surface area contributed by atoms with Gasteiger partial charge in [-0.15, -0.1) is 0 Å². The zero-order valence-corrected chi connectivity index (χ0v) is 10.5. The third-order valence-electron chi connectivity index (χ3n) is 2.62. The summed E-state index contributed by atoms with van der Waals surface area (Å²) in [5, 5.41) is 9.60. The summed E-state index contributed by atoms with van der Waals surface area (Å²) in [7, 11) is -3.23. The second kappa shape index (κ2) is 5.50. The molecular formula is C10H18N4O2S. The first-order valence-corrected chi connectivity index (χ1v) is 7.53. The van der Waals surface area contributed by atoms with Crippen molar-refractivity contribution >= 4 is 15.7 Å². The highest BCUT2D eigenvalue weighted by Gasteiger charge is 2.19. The molecule has 3 N–H and O–H groups in total. The molecule has 0 unspecified atom stereocenters. The van der Waals surface area contributed by atoms with Crippen LogP contribution in [0.3, 0.4) is 0 Å². The molecule has 96 valence electrons. The molecule has 1 aromatic rings. The quantitative estimate of drug-likeness (QED) is 0.599. The topological polar surface area (TPSA) is 86.9 Å². The van der Waals surface area contributed by atoms with Crippen molar-refractivity contribution in [2.75, 3.05) is 17.0 Å². The van der Waals surface area contributed by atoms with Gasteiger partial charge in [-0.1, -0.05) is 0 Å². The lowest BCUT2D eigenvalue weighted by Crippen LogP contribution is -2.20. The van der Waals surface area contributed by atoms with E-state index in [4.69, 9.17) is 0 Å². The first kappa shape index (κ1) is 12.4. The molecule has 1 aliphatic carbocycles. The average Bonchev–Trinajstić information content (AvgIpc) is 2.95. The Hall–Kier alpha value is -1.08. The molecule has 1 aliphatic rings. The van der Waals surface area contributed by atoms with E-state index in [-0.39, 0.29) is 5.75 Å². The SMILES string of the molecule is O=S(=O)(CCCCNC1CC1)Nc1cn[nH]c1. The predicted octanol–water partition coefficient (Wildman–Crippen LogP) is 0.684. The lowest BCUT2D eigenvalue weighted by Gasteiger charge is -2.06. The number of nitrogens with one attached hydrogen (secondary N) is 3. The van der Waals surface area contributed by atoms with Gasteiger partial charge in [-0.05, 0) is 32.2 Å². The first-order valence-electron chi connectivity index (χ1n) is 5.88. The highest BCUT2D eigenvalue weighted by Crippen LogP contribution is 2.18. The van der Waals surface area contributed by atoms with Gasteiger partial charge in [0.1, 0.15) is 0 Å². The fourth-order valence-electron chi connectivity index (χ4n) is 1.55. The van der Waals surface area contributed by atoms with Crippen LogP contribution in [0.1, 0.15) is 25.7 Å². The van der Waals surface area contributed by atoms with E-state index in [0.717, 1.165) is 13.0 Å². The van der Waals surface area contributed by atoms with E-state index < -0.39 is 10.0 Å². The largest absolute Gasteiger partial charge is 0.314 e. The number of aromatic nitrogens is 2. The van der Waals surface area contributed by atoms with Crippen molar-refractivity contribution in [3.8, 4) is 0 Å². The maximum absolute atomic E-state index is 11.6. The number of hydrogen-bond acceptors (Lipinski definition) is 4. The Morgan fingerprint density at radius 3 is 2.88 bits per heavy atom. The number of aromatic amines is 1. The molecule has 0 spiro atoms. The Kier molecular flexibility index (Phi) is 4.01. The molecule has 0 saturated heterocycles. The summed E-state index contributed by atoms with van der Waals surface area (Å²) >= 11 is 0. The summed E-state index contributed by atoms with van der Waals surface area (Å²) in [6.45, 7) is 0.909. The van der Waals surface area contributed by atoms with Gasteiger partial charge < -0.3 is 5.32 Å². The molecule has 1 heterocycles. The van der Waals surface area contributed by atoms with Crippen LogP contribution in [0.2, 0.25) is 0 Å². The lowest BCUT2D eigenvalue weighted by atomic mass is 10.3. The number of sulfonamides is 1. The smallest absolute Gasteiger partial charge is 0.232 e. The van der Waals surface area contributed by atoms with Crippen molar-refractivity contribution in [1.82, 2.24) is 15.5 Å². The van der Waals surface area contributed by atoms with E-state index in [1.54, 1.807) is 0 Å². The summed E-state index contributed by atoms with van der Waals surface area (Å²) in [5.41, 5.74) is 0.487. The summed E-state index contributed by atoms with van der Waals surface area (Å²) < 4.78 is 25.7. The molecule has 6 nitrogen and oxygen atoms in total. The van der Waals surface area contributed by atoms with Crippen molar-refractivity contribution in [3.05, 3.63) is 12.4 Å². The van der Waals surface area contributed by atoms with Crippen LogP contribution in [0.25, 0.3) is 0 Å². The van der Waals surface area contributed by atoms with Gasteiger partial charge in [-0.3, -0.25) is 9.82 Å². The number of unbranched alkanes of at least 4 members (excludes halogenated alkanes) is 1. The van der Waals surface area contributed by atoms with Gasteiger partial charge in [-0.2, -0.15) is 5.10 Å². The van der Waals surface area contributed by atoms with Crippen LogP contribution in [0.4, 0.5) is 5.69 Å². The minimum atomic E-state index is -3.23. The van der Waals surface area contributed by atoms with E-state index in [0.29, 0.717) is 18.2 Å². The van der Waals surface area contributed by atoms with Gasteiger partial charge in [0, 0.05) is 12.2 Å². The van der Waals surface area contributed by atoms with E-state index >= 15 is 0 Å². The zero-order chi connectivity index (χ0) is 12.1. The van der Waals surface area contributed by atoms with Crippen LogP contribution < -0.4 is 10.0 Å². The van der Waals surface area contributed by atoms with Gasteiger partial charge in [0.15, 0.2) is 0 Å². The zero-order valence-electron chi connectivity index (χ0n) is 9.65. The number of anilines is 1. The molecule has 2 rings (SSSR count). The van der Waals surface area contributed by atoms with Crippen LogP contribution in [-0.2, 0) is 10.0 Å². The Bertz CT molecular complexity index is 425. The first-order chi connectivity index (χ1) is 8.16. The van der Waals surface area contributed by atoms with Crippen molar-refractivity contribution in [2.24, 2.45) is 0 Å². The number of nitrogens with zero attached hydrogens (tertiary/aromatic N) is 1. The van der Waals surface area contributed by atoms with Gasteiger partial charge in [0.2, 0.25) is 10.0 Å². The van der Waals surface area contributed by atoms with Crippen molar-refractivity contribution < 1.29 is 8.42 Å². The molecule has 1 fully saturated rings. The molecule has 0 aliphatic heterocycles. The summed E-state index contributed by atoms with van der Waals surface area (Å²) in [6.07, 6.45) is 7.06. The van der Waals surface area contributed by atoms with Crippen molar-refractivity contribution in [2.45, 2.75) is 31.7 Å². The molecule has 0 aromatic carbocycles. The second-order valence-corrected chi connectivity index (χ2v) is 6.19. The van der Waals surface area contributed by atoms with Gasteiger partial charge >= 0.3 is 0 Å². The fourth-order valence-corrected chi connectivity index (χ4v) is 2.70. The van der Waals surface area contributed by atoms with Crippen molar-refractivity contribution in [3.63, 3.8) is 0 Å². The van der Waals surface area contributed by atoms with Gasteiger partial charge in [0.25, 0.3) is 0 Å². The van der Waals surface area contributed by atoms with Crippen LogP contribution in [0.5, 0.6) is 0 Å². The van der Waals surface area contributed by atoms with Crippen LogP contribution in [0, 0.1) is 0 Å². The van der Waals surface area contributed by atoms with E-state index in [2.05, 4.69) is 20.2 Å². The maximum Gasteiger partial charge on any atom is 0.232 e. The Labute approximate surface area is 101 Å². The third-order valence-corrected chi connectivity index (χ3v) is 3.99. The van der Waals surface area contributed by atoms with Crippen molar-refractivity contribution in [1.29, 1.82) is 0 Å². The Morgan fingerprint density at radius 1 is 1.41 bits per heavy atom. The monoisotopic (exact) mass is 258 g/mol. The highest BCUT2D eigenvalue weighted by molar-refractivity contribution is 7.92. The minimum absolute atomic E-state index is 0.157. The minimum Gasteiger partial charge on any atom is -0.314 e. The Balaban J connectivity index is 1.62. The second-order valence-electron chi connectivity index (χ2n) is 4.34. The molecule has 0 atom stereocenters. The van der Waals surface area contributed by atoms with Crippen LogP contribution in [0.15, 0.2) is 12.4 Å². The fraction of sp³-hybridized carbons (Fsp3) is 0.700. The van der Waals surface area contributed by atoms with Gasteiger partial charge in [-0.25, -0.2) is 8.42 Å². The van der Waals surface area contributed by atoms with Crippen LogP contribution in [-0.4, -0.2) is 37.0 Å². The average molecular weight is 258 g/mol. The van der Waals surface area contributed by atoms with E-state index in [9.17, 15) is 8.42 Å². The standard InChI is InChI=1S/C10H18N4O2S/c15-17(16,14-10-7-12-13-8-10)6-2-1-5-11-9-3-4-9/h7-9,11,14H,1-6H2,(H,12,13). The molecule has 0 amide bonds. The summed E-state index contributed by atoms with van der Waals surface area (Å²) in [4.78, 5) is 0. The lowest BCUT2D eigenvalue weighted by molar-refractivity contribution is 0.591. The molecule has 1 saturated carbocycles. The van der Waals surface area contributed by atoms with E-state index in [1.807, 2.05) is 0 Å². The van der Waals surface area contributed by atoms with Crippen LogP contribution >= 0.6 is 0 Å². The van der Waals surface area contributed by atoms with E-state index in [1.165, 1.54) is 25.2 Å². The summed E-state index contributed by atoms with van der Waals surface area (Å²) in [6, 6.07) is 0.690. The number of rotatable bonds is 8. The molecule has 17 heavy (non-hydrogen) atoms. The molecule has 1 aromatic heterocycles. The normalized spacial score (nSPS) is 16.0. The molecule has 0 radical (unpaired) electrons. The molecular weight excluding hydrogens is 240 g/mol. The number of H-pyrrole nitrogens is 1. The summed E-state index contributed by atoms with van der Waals surface area (Å²) in [5.74, 6) is 0.157.